The van der Waals surface area contributed by atoms with Gasteiger partial charge in [-0.25, -0.2) is 0 Å². The second-order valence-corrected chi connectivity index (χ2v) is 4.18. The van der Waals surface area contributed by atoms with Crippen LogP contribution in [-0.4, -0.2) is 0 Å². The summed E-state index contributed by atoms with van der Waals surface area (Å²) in [6, 6.07) is 0. The van der Waals surface area contributed by atoms with Crippen molar-refractivity contribution in [1.82, 2.24) is 0 Å². The van der Waals surface area contributed by atoms with Gasteiger partial charge in [-0.15, -0.1) is 0 Å². The summed E-state index contributed by atoms with van der Waals surface area (Å²) < 4.78 is 0. The summed E-state index contributed by atoms with van der Waals surface area (Å²) in [4.78, 5) is 0. The van der Waals surface area contributed by atoms with Gasteiger partial charge in [-0.05, 0) is 40.4 Å². The summed E-state index contributed by atoms with van der Waals surface area (Å²) in [6.45, 7) is 32.7. The van der Waals surface area contributed by atoms with Gasteiger partial charge in [0.05, 0.1) is 0 Å². The Balaban J connectivity index is 5.10. The molecule has 0 radical (unpaired) electrons. The van der Waals surface area contributed by atoms with E-state index in [2.05, 4.69) is 52.6 Å². The summed E-state index contributed by atoms with van der Waals surface area (Å²) in [5.41, 5.74) is 10.6. The first kappa shape index (κ1) is 15.7. The molecule has 0 aromatic rings. The van der Waals surface area contributed by atoms with E-state index in [1.807, 2.05) is 6.92 Å². The van der Waals surface area contributed by atoms with Crippen LogP contribution in [0.5, 0.6) is 0 Å². The lowest BCUT2D eigenvalue weighted by Gasteiger charge is -2.17. The van der Waals surface area contributed by atoms with E-state index in [0.29, 0.717) is 33.6 Å². The second-order valence-electron chi connectivity index (χ2n) is 4.18. The molecule has 0 spiro atoms. The molecule has 0 aromatic heterocycles. The van der Waals surface area contributed by atoms with Crippen molar-refractivity contribution < 1.29 is 0 Å². The molecule has 0 amide bonds. The lowest BCUT2D eigenvalue weighted by molar-refractivity contribution is 1.30. The van der Waals surface area contributed by atoms with E-state index < -0.39 is 0 Å². The topological polar surface area (TPSA) is 26.0 Å². The molecule has 0 rings (SSSR count). The highest BCUT2D eigenvalue weighted by molar-refractivity contribution is 5.66. The molecule has 0 aliphatic carbocycles. The van der Waals surface area contributed by atoms with Crippen molar-refractivity contribution >= 4 is 0 Å². The zero-order valence-electron chi connectivity index (χ0n) is 11.2. The highest BCUT2D eigenvalue weighted by atomic mass is 14.6. The van der Waals surface area contributed by atoms with Gasteiger partial charge in [0.2, 0.25) is 0 Å². The highest BCUT2D eigenvalue weighted by Gasteiger charge is 2.13. The molecule has 0 atom stereocenters. The molecular formula is C17H21N. The number of allylic oxidation sites excluding steroid dienone is 6. The first-order valence-corrected chi connectivity index (χ1v) is 5.37. The maximum absolute atomic E-state index is 5.58. The van der Waals surface area contributed by atoms with Crippen molar-refractivity contribution in [1.29, 1.82) is 0 Å². The monoisotopic (exact) mass is 239 g/mol. The lowest BCUT2D eigenvalue weighted by Crippen LogP contribution is -2.04. The van der Waals surface area contributed by atoms with E-state index in [1.165, 1.54) is 0 Å². The van der Waals surface area contributed by atoms with Crippen molar-refractivity contribution in [2.75, 3.05) is 0 Å². The van der Waals surface area contributed by atoms with E-state index >= 15 is 0 Å². The van der Waals surface area contributed by atoms with Crippen molar-refractivity contribution in [3.8, 4) is 0 Å². The summed E-state index contributed by atoms with van der Waals surface area (Å²) in [5.74, 6) is 0. The first-order chi connectivity index (χ1) is 8.11. The van der Waals surface area contributed by atoms with E-state index in [1.54, 1.807) is 0 Å². The molecule has 0 aliphatic heterocycles. The van der Waals surface area contributed by atoms with Crippen LogP contribution < -0.4 is 5.73 Å². The molecule has 0 heterocycles. The van der Waals surface area contributed by atoms with Crippen LogP contribution in [0.4, 0.5) is 0 Å². The van der Waals surface area contributed by atoms with Gasteiger partial charge in [0.15, 0.2) is 0 Å². The van der Waals surface area contributed by atoms with Crippen LogP contribution in [0.2, 0.25) is 0 Å². The Morgan fingerprint density at radius 2 is 0.833 bits per heavy atom. The highest BCUT2D eigenvalue weighted by Crippen LogP contribution is 2.30. The van der Waals surface area contributed by atoms with Gasteiger partial charge >= 0.3 is 0 Å². The molecule has 1 heteroatoms. The minimum Gasteiger partial charge on any atom is -0.399 e. The predicted octanol–water partition coefficient (Wildman–Crippen LogP) is 4.37. The third-order valence-electron chi connectivity index (χ3n) is 2.72. The van der Waals surface area contributed by atoms with Gasteiger partial charge in [0.1, 0.15) is 0 Å². The van der Waals surface area contributed by atoms with Gasteiger partial charge < -0.3 is 5.73 Å². The molecule has 0 saturated carbocycles. The van der Waals surface area contributed by atoms with Crippen molar-refractivity contribution in [3.05, 3.63) is 97.3 Å². The normalized spacial score (nSPS) is 9.17. The van der Waals surface area contributed by atoms with Gasteiger partial charge in [-0.3, -0.25) is 0 Å². The van der Waals surface area contributed by atoms with Crippen LogP contribution in [-0.2, 0) is 0 Å². The maximum Gasteiger partial charge on any atom is 0.0314 e. The molecule has 0 fully saturated rings. The molecule has 0 bridgehead atoms. The average molecular weight is 239 g/mol. The number of nitrogens with two attached hydrogens (primary N) is 1. The molecular weight excluding hydrogens is 218 g/mol. The van der Waals surface area contributed by atoms with E-state index in [0.717, 1.165) is 11.1 Å². The third kappa shape index (κ3) is 3.36. The molecule has 0 unspecified atom stereocenters. The predicted molar refractivity (Wildman–Crippen MR) is 83.0 cm³/mol. The quantitative estimate of drug-likeness (QED) is 0.656. The Kier molecular flexibility index (Phi) is 5.13. The maximum atomic E-state index is 5.58. The molecule has 18 heavy (non-hydrogen) atoms. The van der Waals surface area contributed by atoms with E-state index in [-0.39, 0.29) is 0 Å². The molecule has 2 N–H and O–H groups in total. The van der Waals surface area contributed by atoms with Gasteiger partial charge in [0, 0.05) is 5.70 Å². The van der Waals surface area contributed by atoms with Crippen LogP contribution >= 0.6 is 0 Å². The summed E-state index contributed by atoms with van der Waals surface area (Å²) in [5, 5.41) is 0. The van der Waals surface area contributed by atoms with Crippen LogP contribution in [0, 0.1) is 0 Å². The van der Waals surface area contributed by atoms with Crippen LogP contribution in [0.3, 0.4) is 0 Å². The van der Waals surface area contributed by atoms with Crippen molar-refractivity contribution in [3.63, 3.8) is 0 Å². The van der Waals surface area contributed by atoms with Gasteiger partial charge in [-0.1, -0.05) is 58.2 Å². The fourth-order valence-electron chi connectivity index (χ4n) is 1.18. The summed E-state index contributed by atoms with van der Waals surface area (Å²) in [6.07, 6.45) is 0. The van der Waals surface area contributed by atoms with Gasteiger partial charge in [0.25, 0.3) is 0 Å². The Morgan fingerprint density at radius 3 is 1.11 bits per heavy atom. The fourth-order valence-corrected chi connectivity index (χ4v) is 1.18. The Bertz CT molecular complexity index is 462. The lowest BCUT2D eigenvalue weighted by atomic mass is 9.87. The van der Waals surface area contributed by atoms with Crippen LogP contribution in [0.25, 0.3) is 0 Å². The third-order valence-corrected chi connectivity index (χ3v) is 2.72. The number of hydrogen-bond donors (Lipinski definition) is 1. The zero-order valence-corrected chi connectivity index (χ0v) is 11.2. The smallest absolute Gasteiger partial charge is 0.0314 e. The largest absolute Gasteiger partial charge is 0.399 e. The van der Waals surface area contributed by atoms with Crippen LogP contribution in [0.1, 0.15) is 6.92 Å². The van der Waals surface area contributed by atoms with Crippen molar-refractivity contribution in [2.24, 2.45) is 5.73 Å². The standard InChI is InChI=1S/C17H21N/c1-10(2)11(3)12(4)13(5)14(6)15(7)16(8)17(9)18/h1,3-9,18H2,2H3. The SMILES string of the molecule is C=C(C)C(=C)C(=C)C(=C)C(=C)C(=C)C(=C)C(=C)N. The molecule has 0 aliphatic rings. The Hall–Kier alpha value is -2.28. The van der Waals surface area contributed by atoms with E-state index in [4.69, 9.17) is 5.73 Å². The minimum absolute atomic E-state index is 0.360. The number of rotatable bonds is 7. The fraction of sp³-hybridized carbons (Fsp3) is 0.0588. The Labute approximate surface area is 110 Å². The van der Waals surface area contributed by atoms with E-state index in [9.17, 15) is 0 Å². The number of hydrogen-bond acceptors (Lipinski definition) is 1. The first-order valence-electron chi connectivity index (χ1n) is 5.37. The average Bonchev–Trinajstić information content (AvgIpc) is 2.32. The molecule has 94 valence electrons. The zero-order chi connectivity index (χ0) is 14.6. The second kappa shape index (κ2) is 5.87. The summed E-state index contributed by atoms with van der Waals surface area (Å²) in [7, 11) is 0. The molecule has 0 saturated heterocycles. The van der Waals surface area contributed by atoms with Crippen molar-refractivity contribution in [2.45, 2.75) is 6.92 Å². The van der Waals surface area contributed by atoms with Crippen LogP contribution in [0.15, 0.2) is 97.3 Å². The summed E-state index contributed by atoms with van der Waals surface area (Å²) >= 11 is 0. The Morgan fingerprint density at radius 1 is 0.556 bits per heavy atom. The molecule has 0 aromatic carbocycles. The molecule has 1 nitrogen and oxygen atoms in total. The minimum atomic E-state index is 0.360. The van der Waals surface area contributed by atoms with Gasteiger partial charge in [-0.2, -0.15) is 0 Å².